The fourth-order valence-electron chi connectivity index (χ4n) is 1.85. The van der Waals surface area contributed by atoms with Crippen molar-refractivity contribution in [3.8, 4) is 0 Å². The molecule has 2 rings (SSSR count). The van der Waals surface area contributed by atoms with Crippen LogP contribution in [-0.2, 0) is 4.79 Å². The number of hydrogen-bond donors (Lipinski definition) is 2. The van der Waals surface area contributed by atoms with Crippen LogP contribution >= 0.6 is 0 Å². The van der Waals surface area contributed by atoms with E-state index in [-0.39, 0.29) is 17.2 Å². The molecular weight excluding hydrogens is 298 g/mol. The number of rotatable bonds is 5. The largest absolute Gasteiger partial charge is 0.326 e. The van der Waals surface area contributed by atoms with E-state index < -0.39 is 10.8 Å². The highest BCUT2D eigenvalue weighted by molar-refractivity contribution is 6.04. The smallest absolute Gasteiger partial charge is 0.270 e. The van der Waals surface area contributed by atoms with Crippen LogP contribution in [0.1, 0.15) is 23.7 Å². The molecule has 0 spiro atoms. The van der Waals surface area contributed by atoms with Gasteiger partial charge in [0.25, 0.3) is 11.6 Å². The summed E-state index contributed by atoms with van der Waals surface area (Å²) in [5.74, 6) is -0.544. The Labute approximate surface area is 132 Å². The summed E-state index contributed by atoms with van der Waals surface area (Å²) in [6.07, 6.45) is 0.380. The Hall–Kier alpha value is -3.22. The van der Waals surface area contributed by atoms with E-state index in [9.17, 15) is 19.7 Å². The van der Waals surface area contributed by atoms with E-state index in [4.69, 9.17) is 0 Å². The molecule has 0 saturated heterocycles. The van der Waals surface area contributed by atoms with E-state index >= 15 is 0 Å². The lowest BCUT2D eigenvalue weighted by atomic mass is 10.2. The lowest BCUT2D eigenvalue weighted by molar-refractivity contribution is -0.384. The maximum Gasteiger partial charge on any atom is 0.270 e. The summed E-state index contributed by atoms with van der Waals surface area (Å²) in [5, 5.41) is 16.1. The van der Waals surface area contributed by atoms with Gasteiger partial charge in [0.1, 0.15) is 0 Å². The summed E-state index contributed by atoms with van der Waals surface area (Å²) in [5.41, 5.74) is 1.21. The van der Waals surface area contributed by atoms with Crippen LogP contribution in [-0.4, -0.2) is 16.7 Å². The number of benzene rings is 2. The summed E-state index contributed by atoms with van der Waals surface area (Å²) in [6.45, 7) is 1.75. The van der Waals surface area contributed by atoms with Crippen LogP contribution in [0.3, 0.4) is 0 Å². The van der Waals surface area contributed by atoms with E-state index in [2.05, 4.69) is 10.6 Å². The Morgan fingerprint density at radius 2 is 1.65 bits per heavy atom. The van der Waals surface area contributed by atoms with Crippen LogP contribution in [0.5, 0.6) is 0 Å². The number of nitro benzene ring substituents is 1. The quantitative estimate of drug-likeness (QED) is 0.653. The molecule has 2 N–H and O–H groups in total. The molecule has 7 heteroatoms. The molecule has 118 valence electrons. The van der Waals surface area contributed by atoms with Gasteiger partial charge in [0.2, 0.25) is 5.91 Å². The van der Waals surface area contributed by atoms with Gasteiger partial charge in [-0.3, -0.25) is 19.7 Å². The fourth-order valence-corrected chi connectivity index (χ4v) is 1.85. The average Bonchev–Trinajstić information content (AvgIpc) is 2.56. The number of nitrogens with one attached hydrogen (secondary N) is 2. The first-order chi connectivity index (χ1) is 11.0. The minimum atomic E-state index is -0.554. The van der Waals surface area contributed by atoms with E-state index in [1.54, 1.807) is 31.2 Å². The Morgan fingerprint density at radius 3 is 2.22 bits per heavy atom. The molecule has 0 heterocycles. The van der Waals surface area contributed by atoms with E-state index in [0.29, 0.717) is 17.8 Å². The van der Waals surface area contributed by atoms with Crippen LogP contribution in [0, 0.1) is 10.1 Å². The molecule has 23 heavy (non-hydrogen) atoms. The standard InChI is InChI=1S/C16H15N3O4/c1-2-15(20)17-12-6-8-13(9-7-12)18-16(21)11-4-3-5-14(10-11)19(22)23/h3-10H,2H2,1H3,(H,17,20)(H,18,21). The van der Waals surface area contributed by atoms with Crippen molar-refractivity contribution >= 4 is 28.9 Å². The Balaban J connectivity index is 2.07. The van der Waals surface area contributed by atoms with Gasteiger partial charge in [-0.2, -0.15) is 0 Å². The van der Waals surface area contributed by atoms with Crippen molar-refractivity contribution in [1.82, 2.24) is 0 Å². The molecular formula is C16H15N3O4. The van der Waals surface area contributed by atoms with Gasteiger partial charge in [-0.25, -0.2) is 0 Å². The van der Waals surface area contributed by atoms with E-state index in [1.165, 1.54) is 24.3 Å². The topological polar surface area (TPSA) is 101 Å². The minimum absolute atomic E-state index is 0.0987. The third-order valence-corrected chi connectivity index (χ3v) is 3.07. The first kappa shape index (κ1) is 16.2. The fraction of sp³-hybridized carbons (Fsp3) is 0.125. The van der Waals surface area contributed by atoms with Gasteiger partial charge in [-0.1, -0.05) is 13.0 Å². The molecule has 0 unspecified atom stereocenters. The average molecular weight is 313 g/mol. The first-order valence-electron chi connectivity index (χ1n) is 6.95. The van der Waals surface area contributed by atoms with Gasteiger partial charge in [0.05, 0.1) is 4.92 Å². The number of nitro groups is 1. The van der Waals surface area contributed by atoms with Gasteiger partial charge >= 0.3 is 0 Å². The molecule has 0 radical (unpaired) electrons. The summed E-state index contributed by atoms with van der Waals surface area (Å²) in [7, 11) is 0. The number of nitrogens with zero attached hydrogens (tertiary/aromatic N) is 1. The zero-order valence-corrected chi connectivity index (χ0v) is 12.4. The lowest BCUT2D eigenvalue weighted by Crippen LogP contribution is -2.12. The van der Waals surface area contributed by atoms with E-state index in [1.807, 2.05) is 0 Å². The van der Waals surface area contributed by atoms with Crippen LogP contribution < -0.4 is 10.6 Å². The third-order valence-electron chi connectivity index (χ3n) is 3.07. The molecule has 7 nitrogen and oxygen atoms in total. The third kappa shape index (κ3) is 4.37. The van der Waals surface area contributed by atoms with Crippen LogP contribution in [0.4, 0.5) is 17.1 Å². The molecule has 0 aliphatic carbocycles. The highest BCUT2D eigenvalue weighted by Crippen LogP contribution is 2.17. The van der Waals surface area contributed by atoms with Crippen molar-refractivity contribution in [3.05, 3.63) is 64.2 Å². The van der Waals surface area contributed by atoms with Crippen molar-refractivity contribution in [2.24, 2.45) is 0 Å². The summed E-state index contributed by atoms with van der Waals surface area (Å²) >= 11 is 0. The monoisotopic (exact) mass is 313 g/mol. The molecule has 0 aliphatic heterocycles. The predicted molar refractivity (Wildman–Crippen MR) is 86.4 cm³/mol. The van der Waals surface area contributed by atoms with Crippen molar-refractivity contribution in [3.63, 3.8) is 0 Å². The molecule has 0 bridgehead atoms. The van der Waals surface area contributed by atoms with Crippen LogP contribution in [0.2, 0.25) is 0 Å². The van der Waals surface area contributed by atoms with Gasteiger partial charge < -0.3 is 10.6 Å². The van der Waals surface area contributed by atoms with Crippen molar-refractivity contribution in [1.29, 1.82) is 0 Å². The minimum Gasteiger partial charge on any atom is -0.326 e. The Morgan fingerprint density at radius 1 is 1.04 bits per heavy atom. The van der Waals surface area contributed by atoms with Gasteiger partial charge in [0, 0.05) is 35.5 Å². The van der Waals surface area contributed by atoms with Crippen molar-refractivity contribution in [2.75, 3.05) is 10.6 Å². The van der Waals surface area contributed by atoms with Gasteiger partial charge in [0.15, 0.2) is 0 Å². The summed E-state index contributed by atoms with van der Waals surface area (Å²) in [4.78, 5) is 33.5. The molecule has 2 aromatic rings. The number of anilines is 2. The molecule has 0 aliphatic rings. The second-order valence-electron chi connectivity index (χ2n) is 4.74. The SMILES string of the molecule is CCC(=O)Nc1ccc(NC(=O)c2cccc([N+](=O)[O-])c2)cc1. The Bertz CT molecular complexity index is 741. The van der Waals surface area contributed by atoms with Gasteiger partial charge in [-0.05, 0) is 30.3 Å². The molecule has 0 aromatic heterocycles. The van der Waals surface area contributed by atoms with Crippen molar-refractivity contribution in [2.45, 2.75) is 13.3 Å². The zero-order valence-electron chi connectivity index (χ0n) is 12.4. The first-order valence-corrected chi connectivity index (χ1v) is 6.95. The van der Waals surface area contributed by atoms with Crippen LogP contribution in [0.25, 0.3) is 0 Å². The lowest BCUT2D eigenvalue weighted by Gasteiger charge is -2.07. The molecule has 0 atom stereocenters. The number of amides is 2. The van der Waals surface area contributed by atoms with Crippen LogP contribution in [0.15, 0.2) is 48.5 Å². The molecule has 2 aromatic carbocycles. The normalized spacial score (nSPS) is 9.96. The second kappa shape index (κ2) is 7.17. The number of carbonyl (C=O) groups is 2. The predicted octanol–water partition coefficient (Wildman–Crippen LogP) is 3.20. The molecule has 2 amide bonds. The summed E-state index contributed by atoms with van der Waals surface area (Å²) < 4.78 is 0. The maximum absolute atomic E-state index is 12.1. The van der Waals surface area contributed by atoms with Gasteiger partial charge in [-0.15, -0.1) is 0 Å². The van der Waals surface area contributed by atoms with E-state index in [0.717, 1.165) is 0 Å². The molecule has 0 saturated carbocycles. The number of carbonyl (C=O) groups excluding carboxylic acids is 2. The number of hydrogen-bond acceptors (Lipinski definition) is 4. The molecule has 0 fully saturated rings. The maximum atomic E-state index is 12.1. The Kier molecular flexibility index (Phi) is 5.03. The summed E-state index contributed by atoms with van der Waals surface area (Å²) in [6, 6.07) is 12.1. The second-order valence-corrected chi connectivity index (χ2v) is 4.74. The highest BCUT2D eigenvalue weighted by Gasteiger charge is 2.11. The number of non-ortho nitro benzene ring substituents is 1. The highest BCUT2D eigenvalue weighted by atomic mass is 16.6. The zero-order chi connectivity index (χ0) is 16.8. The van der Waals surface area contributed by atoms with Crippen molar-refractivity contribution < 1.29 is 14.5 Å².